The van der Waals surface area contributed by atoms with Crippen LogP contribution in [0.4, 0.5) is 0 Å². The van der Waals surface area contributed by atoms with Crippen molar-refractivity contribution in [2.75, 3.05) is 20.2 Å². The number of furan rings is 1. The summed E-state index contributed by atoms with van der Waals surface area (Å²) in [6, 6.07) is 13.9. The fraction of sp³-hybridized carbons (Fsp3) is 0.300. The normalized spacial score (nSPS) is 11.5. The van der Waals surface area contributed by atoms with Crippen LogP contribution in [0.1, 0.15) is 17.7 Å². The minimum atomic E-state index is 0.507. The molecule has 0 unspecified atom stereocenters. The van der Waals surface area contributed by atoms with Gasteiger partial charge in [-0.25, -0.2) is 4.68 Å². The van der Waals surface area contributed by atoms with Gasteiger partial charge in [0.25, 0.3) is 0 Å². The number of ether oxygens (including phenoxy) is 1. The van der Waals surface area contributed by atoms with Gasteiger partial charge in [-0.2, -0.15) is 5.10 Å². The summed E-state index contributed by atoms with van der Waals surface area (Å²) in [5, 5.41) is 10.9. The fourth-order valence-corrected chi connectivity index (χ4v) is 2.59. The zero-order chi connectivity index (χ0) is 18.7. The summed E-state index contributed by atoms with van der Waals surface area (Å²) < 4.78 is 12.6. The largest absolute Gasteiger partial charge is 0.467 e. The van der Waals surface area contributed by atoms with Crippen molar-refractivity contribution in [1.82, 2.24) is 20.4 Å². The number of hydrogen-bond donors (Lipinski definition) is 2. The molecule has 0 aliphatic heterocycles. The Morgan fingerprint density at radius 2 is 2.19 bits per heavy atom. The van der Waals surface area contributed by atoms with Gasteiger partial charge in [-0.05, 0) is 42.3 Å². The minimum Gasteiger partial charge on any atom is -0.467 e. The van der Waals surface area contributed by atoms with Gasteiger partial charge in [0.05, 0.1) is 12.0 Å². The Morgan fingerprint density at radius 1 is 1.22 bits per heavy atom. The van der Waals surface area contributed by atoms with Crippen LogP contribution in [-0.4, -0.2) is 35.9 Å². The summed E-state index contributed by atoms with van der Waals surface area (Å²) in [7, 11) is 1.77. The second kappa shape index (κ2) is 10.2. The molecular weight excluding hydrogens is 342 g/mol. The van der Waals surface area contributed by atoms with Crippen LogP contribution < -0.4 is 10.6 Å². The smallest absolute Gasteiger partial charge is 0.191 e. The molecule has 0 bridgehead atoms. The highest BCUT2D eigenvalue weighted by Gasteiger charge is 2.01. The lowest BCUT2D eigenvalue weighted by Crippen LogP contribution is -2.37. The maximum Gasteiger partial charge on any atom is 0.191 e. The Balaban J connectivity index is 1.36. The summed E-state index contributed by atoms with van der Waals surface area (Å²) in [4.78, 5) is 4.25. The van der Waals surface area contributed by atoms with E-state index in [1.807, 2.05) is 41.2 Å². The molecule has 142 valence electrons. The molecule has 0 saturated heterocycles. The molecule has 2 N–H and O–H groups in total. The molecule has 0 radical (unpaired) electrons. The molecule has 0 fully saturated rings. The molecule has 0 atom stereocenters. The molecule has 1 aromatic carbocycles. The SMILES string of the molecule is CN=C(NCCCOCc1ccco1)NCc1cccc(-n2cccn2)c1. The van der Waals surface area contributed by atoms with Gasteiger partial charge in [-0.15, -0.1) is 0 Å². The minimum absolute atomic E-state index is 0.507. The van der Waals surface area contributed by atoms with E-state index in [2.05, 4.69) is 32.9 Å². The molecule has 3 aromatic rings. The van der Waals surface area contributed by atoms with E-state index in [-0.39, 0.29) is 0 Å². The summed E-state index contributed by atoms with van der Waals surface area (Å²) in [6.07, 6.45) is 6.24. The van der Waals surface area contributed by atoms with Crippen molar-refractivity contribution in [2.24, 2.45) is 4.99 Å². The fourth-order valence-electron chi connectivity index (χ4n) is 2.59. The Kier molecular flexibility index (Phi) is 7.06. The topological polar surface area (TPSA) is 76.6 Å². The summed E-state index contributed by atoms with van der Waals surface area (Å²) in [5.74, 6) is 1.61. The lowest BCUT2D eigenvalue weighted by Gasteiger charge is -2.12. The Labute approximate surface area is 159 Å². The van der Waals surface area contributed by atoms with Crippen LogP contribution in [0.5, 0.6) is 0 Å². The van der Waals surface area contributed by atoms with Crippen LogP contribution in [0.2, 0.25) is 0 Å². The number of aliphatic imine (C=N–C) groups is 1. The van der Waals surface area contributed by atoms with Gasteiger partial charge >= 0.3 is 0 Å². The molecule has 0 amide bonds. The quantitative estimate of drug-likeness (QED) is 0.345. The van der Waals surface area contributed by atoms with Crippen molar-refractivity contribution in [3.63, 3.8) is 0 Å². The standard InChI is InChI=1S/C20H25N5O2/c1-21-20(22-9-5-12-26-16-19-8-3-13-27-19)23-15-17-6-2-7-18(14-17)25-11-4-10-24-25/h2-4,6-8,10-11,13-14H,5,9,12,15-16H2,1H3,(H2,21,22,23). The van der Waals surface area contributed by atoms with Crippen molar-refractivity contribution in [3.05, 3.63) is 72.4 Å². The monoisotopic (exact) mass is 367 g/mol. The van der Waals surface area contributed by atoms with Crippen molar-refractivity contribution in [1.29, 1.82) is 0 Å². The molecule has 7 nitrogen and oxygen atoms in total. The van der Waals surface area contributed by atoms with Gasteiger partial charge in [0.1, 0.15) is 12.4 Å². The van der Waals surface area contributed by atoms with E-state index in [9.17, 15) is 0 Å². The second-order valence-electron chi connectivity index (χ2n) is 5.96. The number of guanidine groups is 1. The van der Waals surface area contributed by atoms with Crippen LogP contribution in [0.25, 0.3) is 5.69 Å². The third-order valence-electron chi connectivity index (χ3n) is 3.95. The first-order valence-corrected chi connectivity index (χ1v) is 8.99. The number of benzene rings is 1. The van der Waals surface area contributed by atoms with Gasteiger partial charge in [0, 0.05) is 39.1 Å². The number of aromatic nitrogens is 2. The maximum atomic E-state index is 5.57. The average Bonchev–Trinajstić information content (AvgIpc) is 3.41. The van der Waals surface area contributed by atoms with E-state index in [1.54, 1.807) is 19.5 Å². The second-order valence-corrected chi connectivity index (χ2v) is 5.96. The number of nitrogens with zero attached hydrogens (tertiary/aromatic N) is 3. The van der Waals surface area contributed by atoms with Crippen molar-refractivity contribution in [2.45, 2.75) is 19.6 Å². The van der Waals surface area contributed by atoms with E-state index < -0.39 is 0 Å². The Morgan fingerprint density at radius 3 is 2.96 bits per heavy atom. The lowest BCUT2D eigenvalue weighted by atomic mass is 10.2. The van der Waals surface area contributed by atoms with Crippen LogP contribution in [0.3, 0.4) is 0 Å². The molecule has 27 heavy (non-hydrogen) atoms. The molecule has 0 aliphatic rings. The third-order valence-corrected chi connectivity index (χ3v) is 3.95. The molecule has 0 spiro atoms. The van der Waals surface area contributed by atoms with Gasteiger partial charge in [0.2, 0.25) is 0 Å². The van der Waals surface area contributed by atoms with E-state index in [1.165, 1.54) is 0 Å². The molecule has 3 rings (SSSR count). The predicted octanol–water partition coefficient (Wildman–Crippen LogP) is 2.74. The number of rotatable bonds is 9. The van der Waals surface area contributed by atoms with E-state index in [0.717, 1.165) is 35.9 Å². The highest BCUT2D eigenvalue weighted by molar-refractivity contribution is 5.79. The van der Waals surface area contributed by atoms with Gasteiger partial charge in [-0.1, -0.05) is 12.1 Å². The predicted molar refractivity (Wildman–Crippen MR) is 105 cm³/mol. The summed E-state index contributed by atoms with van der Waals surface area (Å²) >= 11 is 0. The van der Waals surface area contributed by atoms with E-state index in [4.69, 9.17) is 9.15 Å². The first-order chi connectivity index (χ1) is 13.3. The lowest BCUT2D eigenvalue weighted by molar-refractivity contribution is 0.105. The van der Waals surface area contributed by atoms with Crippen molar-refractivity contribution in [3.8, 4) is 5.69 Å². The molecule has 0 aliphatic carbocycles. The van der Waals surface area contributed by atoms with Crippen LogP contribution in [0, 0.1) is 0 Å². The van der Waals surface area contributed by atoms with Gasteiger partial charge in [0.15, 0.2) is 5.96 Å². The van der Waals surface area contributed by atoms with E-state index >= 15 is 0 Å². The summed E-state index contributed by atoms with van der Waals surface area (Å²) in [6.45, 7) is 2.64. The molecular formula is C20H25N5O2. The molecule has 2 heterocycles. The van der Waals surface area contributed by atoms with Crippen LogP contribution in [0.15, 0.2) is 70.5 Å². The molecule has 7 heteroatoms. The number of nitrogens with one attached hydrogen (secondary N) is 2. The Hall–Kier alpha value is -3.06. The van der Waals surface area contributed by atoms with Gasteiger partial charge in [-0.3, -0.25) is 4.99 Å². The maximum absolute atomic E-state index is 5.57. The van der Waals surface area contributed by atoms with Crippen LogP contribution in [-0.2, 0) is 17.9 Å². The average molecular weight is 367 g/mol. The Bertz CT molecular complexity index is 813. The number of hydrogen-bond acceptors (Lipinski definition) is 4. The first-order valence-electron chi connectivity index (χ1n) is 8.99. The first kappa shape index (κ1) is 18.7. The zero-order valence-corrected chi connectivity index (χ0v) is 15.5. The molecule has 0 saturated carbocycles. The molecule has 2 aromatic heterocycles. The van der Waals surface area contributed by atoms with Gasteiger partial charge < -0.3 is 19.8 Å². The zero-order valence-electron chi connectivity index (χ0n) is 15.5. The van der Waals surface area contributed by atoms with Crippen molar-refractivity contribution < 1.29 is 9.15 Å². The van der Waals surface area contributed by atoms with Crippen LogP contribution >= 0.6 is 0 Å². The summed E-state index contributed by atoms with van der Waals surface area (Å²) in [5.41, 5.74) is 2.20. The van der Waals surface area contributed by atoms with Crippen molar-refractivity contribution >= 4 is 5.96 Å². The highest BCUT2D eigenvalue weighted by atomic mass is 16.5. The third kappa shape index (κ3) is 6.00. The highest BCUT2D eigenvalue weighted by Crippen LogP contribution is 2.09. The van der Waals surface area contributed by atoms with E-state index in [0.29, 0.717) is 19.8 Å².